The molecule has 2 rings (SSSR count). The van der Waals surface area contributed by atoms with E-state index in [1.807, 2.05) is 6.92 Å². The lowest BCUT2D eigenvalue weighted by molar-refractivity contribution is 0.399. The molecule has 3 N–H and O–H groups in total. The molecular formula is C8H13N5O. The molecule has 0 bridgehead atoms. The largest absolute Gasteiger partial charge is 0.400 e. The first-order chi connectivity index (χ1) is 6.92. The standard InChI is InChI=1S/C7H9N5.CH4O/c1-2-8-6-5-7(10-3-9-5)12-4-11-6;1-2/h3-4H,2H2,1H3,(H2,8,9,10,11,12);2H,1H3. The van der Waals surface area contributed by atoms with Crippen LogP contribution in [-0.2, 0) is 0 Å². The first-order valence-electron chi connectivity index (χ1n) is 4.24. The van der Waals surface area contributed by atoms with Gasteiger partial charge < -0.3 is 15.4 Å². The van der Waals surface area contributed by atoms with Crippen molar-refractivity contribution in [1.29, 1.82) is 0 Å². The molecule has 2 heterocycles. The maximum Gasteiger partial charge on any atom is 0.182 e. The topological polar surface area (TPSA) is 86.7 Å². The van der Waals surface area contributed by atoms with Crippen LogP contribution in [0.15, 0.2) is 12.7 Å². The van der Waals surface area contributed by atoms with Gasteiger partial charge in [0.15, 0.2) is 11.5 Å². The number of fused-ring (bicyclic) bond motifs is 1. The lowest BCUT2D eigenvalue weighted by Crippen LogP contribution is -2.00. The van der Waals surface area contributed by atoms with Gasteiger partial charge in [-0.15, -0.1) is 0 Å². The van der Waals surface area contributed by atoms with Gasteiger partial charge in [0.05, 0.1) is 6.33 Å². The number of hydrogen-bond donors (Lipinski definition) is 3. The van der Waals surface area contributed by atoms with Gasteiger partial charge >= 0.3 is 0 Å². The van der Waals surface area contributed by atoms with Gasteiger partial charge in [0, 0.05) is 13.7 Å². The van der Waals surface area contributed by atoms with Gasteiger partial charge in [-0.05, 0) is 6.92 Å². The minimum Gasteiger partial charge on any atom is -0.400 e. The van der Waals surface area contributed by atoms with Crippen LogP contribution in [0.25, 0.3) is 11.2 Å². The summed E-state index contributed by atoms with van der Waals surface area (Å²) in [6, 6.07) is 0. The molecule has 6 heteroatoms. The Morgan fingerprint density at radius 2 is 2.14 bits per heavy atom. The second kappa shape index (κ2) is 5.13. The zero-order chi connectivity index (χ0) is 10.4. The SMILES string of the molecule is CCNc1ncnc2nc[nH]c12.CO. The van der Waals surface area contributed by atoms with Crippen molar-refractivity contribution >= 4 is 17.0 Å². The highest BCUT2D eigenvalue weighted by Gasteiger charge is 2.02. The molecule has 0 radical (unpaired) electrons. The molecule has 14 heavy (non-hydrogen) atoms. The Balaban J connectivity index is 0.000000461. The first kappa shape index (κ1) is 10.4. The Hall–Kier alpha value is -1.69. The summed E-state index contributed by atoms with van der Waals surface area (Å²) in [6.07, 6.45) is 3.11. The van der Waals surface area contributed by atoms with Gasteiger partial charge in [0.2, 0.25) is 0 Å². The molecule has 0 unspecified atom stereocenters. The summed E-state index contributed by atoms with van der Waals surface area (Å²) in [5.41, 5.74) is 1.56. The van der Waals surface area contributed by atoms with Crippen molar-refractivity contribution in [2.45, 2.75) is 6.92 Å². The summed E-state index contributed by atoms with van der Waals surface area (Å²) < 4.78 is 0. The second-order valence-electron chi connectivity index (χ2n) is 2.35. The molecule has 0 aliphatic carbocycles. The van der Waals surface area contributed by atoms with Gasteiger partial charge in [-0.25, -0.2) is 15.0 Å². The van der Waals surface area contributed by atoms with Crippen LogP contribution >= 0.6 is 0 Å². The molecule has 0 aromatic carbocycles. The molecule has 76 valence electrons. The number of anilines is 1. The Kier molecular flexibility index (Phi) is 3.81. The number of aliphatic hydroxyl groups excluding tert-OH is 1. The Labute approximate surface area is 81.4 Å². The Morgan fingerprint density at radius 1 is 1.36 bits per heavy atom. The zero-order valence-corrected chi connectivity index (χ0v) is 8.15. The average Bonchev–Trinajstić information content (AvgIpc) is 2.70. The van der Waals surface area contributed by atoms with Crippen molar-refractivity contribution in [3.63, 3.8) is 0 Å². The molecule has 0 atom stereocenters. The third-order valence-electron chi connectivity index (χ3n) is 1.57. The molecular weight excluding hydrogens is 182 g/mol. The molecule has 6 nitrogen and oxygen atoms in total. The third-order valence-corrected chi connectivity index (χ3v) is 1.57. The molecule has 0 fully saturated rings. The minimum atomic E-state index is 0.695. The van der Waals surface area contributed by atoms with E-state index < -0.39 is 0 Å². The maximum atomic E-state index is 7.00. The van der Waals surface area contributed by atoms with Crippen LogP contribution in [0.1, 0.15) is 6.92 Å². The lowest BCUT2D eigenvalue weighted by atomic mass is 10.5. The normalized spacial score (nSPS) is 9.36. The quantitative estimate of drug-likeness (QED) is 0.645. The van der Waals surface area contributed by atoms with Crippen LogP contribution < -0.4 is 5.32 Å². The van der Waals surface area contributed by atoms with Crippen molar-refractivity contribution in [3.8, 4) is 0 Å². The third kappa shape index (κ3) is 1.97. The number of H-pyrrole nitrogens is 1. The average molecular weight is 195 g/mol. The summed E-state index contributed by atoms with van der Waals surface area (Å²) >= 11 is 0. The minimum absolute atomic E-state index is 0.695. The predicted octanol–water partition coefficient (Wildman–Crippen LogP) is 0.393. The van der Waals surface area contributed by atoms with E-state index in [4.69, 9.17) is 5.11 Å². The van der Waals surface area contributed by atoms with Crippen LogP contribution in [0.3, 0.4) is 0 Å². The van der Waals surface area contributed by atoms with Crippen LogP contribution in [0.2, 0.25) is 0 Å². The highest BCUT2D eigenvalue weighted by atomic mass is 16.2. The number of aromatic amines is 1. The predicted molar refractivity (Wildman–Crippen MR) is 54.0 cm³/mol. The Morgan fingerprint density at radius 3 is 2.86 bits per heavy atom. The van der Waals surface area contributed by atoms with Gasteiger partial charge in [0.1, 0.15) is 11.8 Å². The fraction of sp³-hybridized carbons (Fsp3) is 0.375. The highest BCUT2D eigenvalue weighted by molar-refractivity contribution is 5.81. The molecule has 0 spiro atoms. The molecule has 0 saturated heterocycles. The van der Waals surface area contributed by atoms with Crippen LogP contribution in [0.4, 0.5) is 5.82 Å². The van der Waals surface area contributed by atoms with Crippen molar-refractivity contribution < 1.29 is 5.11 Å². The summed E-state index contributed by atoms with van der Waals surface area (Å²) in [7, 11) is 1.00. The zero-order valence-electron chi connectivity index (χ0n) is 8.15. The molecule has 0 saturated carbocycles. The van der Waals surface area contributed by atoms with Gasteiger partial charge in [0.25, 0.3) is 0 Å². The number of hydrogen-bond acceptors (Lipinski definition) is 5. The van der Waals surface area contributed by atoms with E-state index in [2.05, 4.69) is 25.3 Å². The highest BCUT2D eigenvalue weighted by Crippen LogP contribution is 2.13. The van der Waals surface area contributed by atoms with E-state index in [9.17, 15) is 0 Å². The number of imidazole rings is 1. The smallest absolute Gasteiger partial charge is 0.182 e. The number of aromatic nitrogens is 4. The van der Waals surface area contributed by atoms with Crippen molar-refractivity contribution in [3.05, 3.63) is 12.7 Å². The van der Waals surface area contributed by atoms with Crippen LogP contribution in [0.5, 0.6) is 0 Å². The van der Waals surface area contributed by atoms with Crippen molar-refractivity contribution in [2.75, 3.05) is 19.0 Å². The fourth-order valence-electron chi connectivity index (χ4n) is 1.07. The summed E-state index contributed by atoms with van der Waals surface area (Å²) in [6.45, 7) is 2.86. The number of nitrogens with zero attached hydrogens (tertiary/aromatic N) is 3. The number of nitrogens with one attached hydrogen (secondary N) is 2. The fourth-order valence-corrected chi connectivity index (χ4v) is 1.07. The summed E-state index contributed by atoms with van der Waals surface area (Å²) in [4.78, 5) is 15.1. The van der Waals surface area contributed by atoms with E-state index in [0.717, 1.165) is 25.0 Å². The second-order valence-corrected chi connectivity index (χ2v) is 2.35. The lowest BCUT2D eigenvalue weighted by Gasteiger charge is -2.00. The number of aliphatic hydroxyl groups is 1. The maximum absolute atomic E-state index is 7.00. The van der Waals surface area contributed by atoms with Crippen molar-refractivity contribution in [2.24, 2.45) is 0 Å². The summed E-state index contributed by atoms with van der Waals surface area (Å²) in [5, 5.41) is 10.1. The van der Waals surface area contributed by atoms with E-state index in [-0.39, 0.29) is 0 Å². The molecule has 0 amide bonds. The van der Waals surface area contributed by atoms with Gasteiger partial charge in [-0.2, -0.15) is 0 Å². The molecule has 0 aliphatic heterocycles. The van der Waals surface area contributed by atoms with Gasteiger partial charge in [-0.1, -0.05) is 0 Å². The molecule has 0 aliphatic rings. The van der Waals surface area contributed by atoms with E-state index in [1.165, 1.54) is 6.33 Å². The van der Waals surface area contributed by atoms with E-state index in [1.54, 1.807) is 6.33 Å². The summed E-state index contributed by atoms with van der Waals surface area (Å²) in [5.74, 6) is 0.806. The van der Waals surface area contributed by atoms with Crippen LogP contribution in [0, 0.1) is 0 Å². The molecule has 2 aromatic heterocycles. The van der Waals surface area contributed by atoms with Crippen LogP contribution in [-0.4, -0.2) is 38.7 Å². The number of rotatable bonds is 2. The Bertz CT molecular complexity index is 386. The molecule has 2 aromatic rings. The van der Waals surface area contributed by atoms with E-state index >= 15 is 0 Å². The van der Waals surface area contributed by atoms with Gasteiger partial charge in [-0.3, -0.25) is 0 Å². The monoisotopic (exact) mass is 195 g/mol. The van der Waals surface area contributed by atoms with E-state index in [0.29, 0.717) is 5.65 Å². The van der Waals surface area contributed by atoms with Crippen molar-refractivity contribution in [1.82, 2.24) is 19.9 Å². The first-order valence-corrected chi connectivity index (χ1v) is 4.24.